The first kappa shape index (κ1) is 10.9. The van der Waals surface area contributed by atoms with Crippen LogP contribution in [0.5, 0.6) is 0 Å². The topological polar surface area (TPSA) is 0 Å². The van der Waals surface area contributed by atoms with E-state index in [0.717, 1.165) is 0 Å². The summed E-state index contributed by atoms with van der Waals surface area (Å²) >= 11 is 7.69. The summed E-state index contributed by atoms with van der Waals surface area (Å²) in [5.74, 6) is 1.19. The van der Waals surface area contributed by atoms with E-state index in [9.17, 15) is 0 Å². The molecule has 0 aliphatic heterocycles. The highest BCUT2D eigenvalue weighted by Gasteiger charge is 1.94. The average Bonchev–Trinajstić information content (AvgIpc) is 2.13. The molecular formula is C11H14ClS. The minimum atomic E-state index is 0.709. The number of thioether (sulfide) groups is 1. The van der Waals surface area contributed by atoms with Crippen molar-refractivity contribution in [1.82, 2.24) is 0 Å². The molecule has 2 heteroatoms. The van der Waals surface area contributed by atoms with E-state index in [4.69, 9.17) is 11.6 Å². The van der Waals surface area contributed by atoms with Crippen molar-refractivity contribution >= 4 is 23.4 Å². The summed E-state index contributed by atoms with van der Waals surface area (Å²) in [5.41, 5.74) is 0. The smallest absolute Gasteiger partial charge is 0.0496 e. The van der Waals surface area contributed by atoms with Crippen LogP contribution in [0.15, 0.2) is 23.1 Å². The van der Waals surface area contributed by atoms with E-state index in [1.807, 2.05) is 23.9 Å². The molecule has 0 saturated heterocycles. The normalized spacial score (nSPS) is 10.3. The Morgan fingerprint density at radius 3 is 3.00 bits per heavy atom. The van der Waals surface area contributed by atoms with Crippen molar-refractivity contribution in [1.29, 1.82) is 0 Å². The predicted molar refractivity (Wildman–Crippen MR) is 60.5 cm³/mol. The van der Waals surface area contributed by atoms with Gasteiger partial charge in [-0.25, -0.2) is 0 Å². The first-order chi connectivity index (χ1) is 6.33. The monoisotopic (exact) mass is 213 g/mol. The molecule has 0 aliphatic rings. The molecule has 0 saturated carbocycles. The van der Waals surface area contributed by atoms with Crippen LogP contribution >= 0.6 is 23.4 Å². The molecule has 0 nitrogen and oxygen atoms in total. The van der Waals surface area contributed by atoms with Gasteiger partial charge in [-0.15, -0.1) is 11.8 Å². The SMILES string of the molecule is CCCCCSc1cc[c]c(Cl)c1. The van der Waals surface area contributed by atoms with Crippen LogP contribution in [0.1, 0.15) is 26.2 Å². The molecule has 1 aromatic carbocycles. The maximum absolute atomic E-state index is 5.82. The van der Waals surface area contributed by atoms with Crippen LogP contribution in [-0.4, -0.2) is 5.75 Å². The lowest BCUT2D eigenvalue weighted by molar-refractivity contribution is 0.778. The van der Waals surface area contributed by atoms with E-state index < -0.39 is 0 Å². The van der Waals surface area contributed by atoms with Gasteiger partial charge in [0.25, 0.3) is 0 Å². The lowest BCUT2D eigenvalue weighted by Crippen LogP contribution is -1.79. The zero-order chi connectivity index (χ0) is 9.52. The van der Waals surface area contributed by atoms with E-state index in [2.05, 4.69) is 19.1 Å². The molecule has 0 N–H and O–H groups in total. The third-order valence-corrected chi connectivity index (χ3v) is 3.05. The van der Waals surface area contributed by atoms with Gasteiger partial charge in [0.2, 0.25) is 0 Å². The largest absolute Gasteiger partial charge is 0.126 e. The zero-order valence-electron chi connectivity index (χ0n) is 7.85. The highest BCUT2D eigenvalue weighted by Crippen LogP contribution is 2.22. The van der Waals surface area contributed by atoms with Crippen molar-refractivity contribution in [3.05, 3.63) is 29.3 Å². The molecule has 0 bridgehead atoms. The van der Waals surface area contributed by atoms with Crippen molar-refractivity contribution in [2.75, 3.05) is 5.75 Å². The molecule has 0 atom stereocenters. The fourth-order valence-electron chi connectivity index (χ4n) is 1.05. The summed E-state index contributed by atoms with van der Waals surface area (Å²) in [4.78, 5) is 1.25. The van der Waals surface area contributed by atoms with Crippen LogP contribution < -0.4 is 0 Å². The Hall–Kier alpha value is -0.140. The zero-order valence-corrected chi connectivity index (χ0v) is 9.42. The number of hydrogen-bond donors (Lipinski definition) is 0. The fourth-order valence-corrected chi connectivity index (χ4v) is 2.24. The van der Waals surface area contributed by atoms with Crippen molar-refractivity contribution in [3.63, 3.8) is 0 Å². The van der Waals surface area contributed by atoms with Gasteiger partial charge in [0.15, 0.2) is 0 Å². The Kier molecular flexibility index (Phi) is 5.33. The molecule has 0 heterocycles. The second-order valence-corrected chi connectivity index (χ2v) is 4.50. The van der Waals surface area contributed by atoms with Crippen LogP contribution in [0.25, 0.3) is 0 Å². The van der Waals surface area contributed by atoms with Gasteiger partial charge in [-0.05, 0) is 24.3 Å². The molecule has 1 aromatic rings. The number of hydrogen-bond acceptors (Lipinski definition) is 1. The number of benzene rings is 1. The van der Waals surface area contributed by atoms with Crippen molar-refractivity contribution in [3.8, 4) is 0 Å². The Morgan fingerprint density at radius 2 is 2.31 bits per heavy atom. The number of unbranched alkanes of at least 4 members (excludes halogenated alkanes) is 2. The molecule has 1 radical (unpaired) electrons. The standard InChI is InChI=1S/C11H14ClS/c1-2-3-4-8-13-11-7-5-6-10(12)9-11/h5,7,9H,2-4,8H2,1H3. The summed E-state index contributed by atoms with van der Waals surface area (Å²) in [6.45, 7) is 2.22. The first-order valence-electron chi connectivity index (χ1n) is 4.63. The molecule has 0 spiro atoms. The molecular weight excluding hydrogens is 200 g/mol. The van der Waals surface area contributed by atoms with Crippen LogP contribution in [0.4, 0.5) is 0 Å². The Labute approximate surface area is 89.7 Å². The Balaban J connectivity index is 2.28. The minimum Gasteiger partial charge on any atom is -0.126 e. The maximum atomic E-state index is 5.82. The number of halogens is 1. The van der Waals surface area contributed by atoms with Crippen molar-refractivity contribution in [2.45, 2.75) is 31.1 Å². The minimum absolute atomic E-state index is 0.709. The van der Waals surface area contributed by atoms with Gasteiger partial charge in [-0.1, -0.05) is 37.4 Å². The van der Waals surface area contributed by atoms with E-state index in [1.165, 1.54) is 29.9 Å². The van der Waals surface area contributed by atoms with Crippen molar-refractivity contribution < 1.29 is 0 Å². The van der Waals surface area contributed by atoms with Gasteiger partial charge in [0, 0.05) is 16.0 Å². The third-order valence-electron chi connectivity index (χ3n) is 1.75. The van der Waals surface area contributed by atoms with Gasteiger partial charge >= 0.3 is 0 Å². The molecule has 0 fully saturated rings. The highest BCUT2D eigenvalue weighted by molar-refractivity contribution is 7.99. The van der Waals surface area contributed by atoms with Gasteiger partial charge in [-0.3, -0.25) is 0 Å². The van der Waals surface area contributed by atoms with E-state index >= 15 is 0 Å². The van der Waals surface area contributed by atoms with Gasteiger partial charge in [0.1, 0.15) is 0 Å². The molecule has 0 unspecified atom stereocenters. The second kappa shape index (κ2) is 6.33. The van der Waals surface area contributed by atoms with Crippen LogP contribution in [-0.2, 0) is 0 Å². The molecule has 0 aliphatic carbocycles. The summed E-state index contributed by atoms with van der Waals surface area (Å²) in [5, 5.41) is 0.709. The second-order valence-electron chi connectivity index (χ2n) is 2.93. The third kappa shape index (κ3) is 4.58. The maximum Gasteiger partial charge on any atom is 0.0496 e. The molecule has 13 heavy (non-hydrogen) atoms. The van der Waals surface area contributed by atoms with E-state index in [0.29, 0.717) is 5.02 Å². The van der Waals surface area contributed by atoms with Gasteiger partial charge in [0.05, 0.1) is 0 Å². The fraction of sp³-hybridized carbons (Fsp3) is 0.455. The van der Waals surface area contributed by atoms with Gasteiger partial charge < -0.3 is 0 Å². The number of rotatable bonds is 5. The molecule has 0 aromatic heterocycles. The molecule has 0 amide bonds. The summed E-state index contributed by atoms with van der Waals surface area (Å²) in [7, 11) is 0. The first-order valence-corrected chi connectivity index (χ1v) is 5.99. The van der Waals surface area contributed by atoms with Crippen LogP contribution in [0.3, 0.4) is 0 Å². The predicted octanol–water partition coefficient (Wildman–Crippen LogP) is 4.42. The lowest BCUT2D eigenvalue weighted by Gasteiger charge is -2.00. The quantitative estimate of drug-likeness (QED) is 0.515. The van der Waals surface area contributed by atoms with E-state index in [-0.39, 0.29) is 0 Å². The summed E-state index contributed by atoms with van der Waals surface area (Å²) < 4.78 is 0. The molecule has 71 valence electrons. The van der Waals surface area contributed by atoms with Crippen LogP contribution in [0.2, 0.25) is 5.02 Å². The summed E-state index contributed by atoms with van der Waals surface area (Å²) in [6.07, 6.45) is 3.89. The Morgan fingerprint density at radius 1 is 1.46 bits per heavy atom. The van der Waals surface area contributed by atoms with Gasteiger partial charge in [-0.2, -0.15) is 0 Å². The highest BCUT2D eigenvalue weighted by atomic mass is 35.5. The lowest BCUT2D eigenvalue weighted by atomic mass is 10.3. The summed E-state index contributed by atoms with van der Waals surface area (Å²) in [6, 6.07) is 8.83. The molecule has 1 rings (SSSR count). The van der Waals surface area contributed by atoms with E-state index in [1.54, 1.807) is 0 Å². The van der Waals surface area contributed by atoms with Crippen molar-refractivity contribution in [2.24, 2.45) is 0 Å². The Bertz CT molecular complexity index is 248. The average molecular weight is 214 g/mol. The van der Waals surface area contributed by atoms with Crippen LogP contribution in [0, 0.1) is 6.07 Å².